The summed E-state index contributed by atoms with van der Waals surface area (Å²) in [7, 11) is 0. The third kappa shape index (κ3) is 2.60. The first kappa shape index (κ1) is 16.1. The maximum Gasteiger partial charge on any atom is 0.238 e. The van der Waals surface area contributed by atoms with Crippen molar-refractivity contribution < 1.29 is 14.0 Å². The van der Waals surface area contributed by atoms with Crippen LogP contribution in [0.25, 0.3) is 10.9 Å². The van der Waals surface area contributed by atoms with Gasteiger partial charge in [0.1, 0.15) is 11.2 Å². The van der Waals surface area contributed by atoms with Crippen LogP contribution in [0.1, 0.15) is 37.7 Å². The first-order valence-electron chi connectivity index (χ1n) is 8.83. The number of hydrogen-bond donors (Lipinski definition) is 2. The lowest BCUT2D eigenvalue weighted by Gasteiger charge is -2.36. The summed E-state index contributed by atoms with van der Waals surface area (Å²) in [5.74, 6) is -0.113. The summed E-state index contributed by atoms with van der Waals surface area (Å²) < 4.78 is 13.3. The fourth-order valence-corrected chi connectivity index (χ4v) is 4.14. The summed E-state index contributed by atoms with van der Waals surface area (Å²) in [6, 6.07) is 4.81. The number of piperidine rings is 1. The number of rotatable bonds is 2. The molecule has 1 atom stereocenters. The number of aromatic nitrogens is 1. The van der Waals surface area contributed by atoms with Crippen molar-refractivity contribution in [3.63, 3.8) is 0 Å². The molecule has 2 saturated heterocycles. The molecule has 2 fully saturated rings. The first-order chi connectivity index (χ1) is 12.0. The number of carbonyl (C=O) groups excluding carboxylic acids is 2. The van der Waals surface area contributed by atoms with E-state index >= 15 is 0 Å². The number of carbonyl (C=O) groups is 2. The molecular formula is C19H22FN3O2. The summed E-state index contributed by atoms with van der Waals surface area (Å²) in [4.78, 5) is 29.8. The van der Waals surface area contributed by atoms with Gasteiger partial charge in [-0.3, -0.25) is 9.59 Å². The predicted molar refractivity (Wildman–Crippen MR) is 92.5 cm³/mol. The monoisotopic (exact) mass is 343 g/mol. The van der Waals surface area contributed by atoms with Crippen molar-refractivity contribution in [1.82, 2.24) is 15.2 Å². The van der Waals surface area contributed by atoms with Crippen LogP contribution in [0.4, 0.5) is 4.39 Å². The average molecular weight is 343 g/mol. The lowest BCUT2D eigenvalue weighted by atomic mass is 9.84. The number of likely N-dealkylation sites (tertiary alicyclic amines) is 1. The van der Waals surface area contributed by atoms with Crippen molar-refractivity contribution >= 4 is 22.7 Å². The van der Waals surface area contributed by atoms with Crippen LogP contribution < -0.4 is 5.32 Å². The molecule has 2 aromatic rings. The van der Waals surface area contributed by atoms with E-state index in [4.69, 9.17) is 0 Å². The summed E-state index contributed by atoms with van der Waals surface area (Å²) in [6.45, 7) is 3.63. The van der Waals surface area contributed by atoms with Gasteiger partial charge in [-0.05, 0) is 55.9 Å². The van der Waals surface area contributed by atoms with Crippen LogP contribution in [0, 0.1) is 11.2 Å². The van der Waals surface area contributed by atoms with Crippen molar-refractivity contribution in [2.24, 2.45) is 5.41 Å². The second-order valence-electron chi connectivity index (χ2n) is 7.34. The summed E-state index contributed by atoms with van der Waals surface area (Å²) in [5.41, 5.74) is 1.08. The number of fused-ring (bicyclic) bond motifs is 1. The second kappa shape index (κ2) is 5.86. The van der Waals surface area contributed by atoms with Gasteiger partial charge in [-0.15, -0.1) is 0 Å². The van der Waals surface area contributed by atoms with Crippen LogP contribution in [0.2, 0.25) is 0 Å². The molecule has 2 aliphatic heterocycles. The van der Waals surface area contributed by atoms with Gasteiger partial charge >= 0.3 is 0 Å². The van der Waals surface area contributed by atoms with Crippen molar-refractivity contribution in [2.45, 2.75) is 32.1 Å². The minimum atomic E-state index is -0.912. The topological polar surface area (TPSA) is 65.2 Å². The molecule has 5 nitrogen and oxygen atoms in total. The van der Waals surface area contributed by atoms with Gasteiger partial charge in [0.25, 0.3) is 0 Å². The molecule has 0 saturated carbocycles. The van der Waals surface area contributed by atoms with Gasteiger partial charge in [-0.1, -0.05) is 0 Å². The quantitative estimate of drug-likeness (QED) is 0.823. The largest absolute Gasteiger partial charge is 0.361 e. The van der Waals surface area contributed by atoms with Crippen molar-refractivity contribution in [3.05, 3.63) is 35.8 Å². The fraction of sp³-hybridized carbons (Fsp3) is 0.474. The highest BCUT2D eigenvalue weighted by Gasteiger charge is 2.47. The Balaban J connectivity index is 1.48. The minimum absolute atomic E-state index is 0.0538. The normalized spacial score (nSPS) is 24.7. The molecule has 1 aromatic heterocycles. The Morgan fingerprint density at radius 3 is 2.76 bits per heavy atom. The van der Waals surface area contributed by atoms with E-state index in [0.717, 1.165) is 23.7 Å². The van der Waals surface area contributed by atoms with E-state index < -0.39 is 5.41 Å². The molecule has 132 valence electrons. The Morgan fingerprint density at radius 1 is 1.32 bits per heavy atom. The third-order valence-corrected chi connectivity index (χ3v) is 5.78. The standard InChI is InChI=1S/C19H22FN3O2/c1-19(6-7-21-17(19)24)18(25)23-8-4-12(5-9-23)15-11-22-16-10-13(20)2-3-14(15)16/h2-3,10-12,22H,4-9H2,1H3,(H,21,24). The first-order valence-corrected chi connectivity index (χ1v) is 8.83. The molecule has 3 heterocycles. The Kier molecular flexibility index (Phi) is 3.78. The molecule has 0 radical (unpaired) electrons. The van der Waals surface area contributed by atoms with Gasteiger partial charge in [-0.25, -0.2) is 4.39 Å². The highest BCUT2D eigenvalue weighted by atomic mass is 19.1. The van der Waals surface area contributed by atoms with Gasteiger partial charge < -0.3 is 15.2 Å². The fourth-order valence-electron chi connectivity index (χ4n) is 4.14. The van der Waals surface area contributed by atoms with Crippen LogP contribution in [-0.4, -0.2) is 41.3 Å². The molecule has 2 amide bonds. The number of H-pyrrole nitrogens is 1. The zero-order valence-corrected chi connectivity index (χ0v) is 14.3. The minimum Gasteiger partial charge on any atom is -0.361 e. The summed E-state index contributed by atoms with van der Waals surface area (Å²) in [6.07, 6.45) is 4.23. The number of amides is 2. The van der Waals surface area contributed by atoms with Crippen LogP contribution in [0.5, 0.6) is 0 Å². The highest BCUT2D eigenvalue weighted by molar-refractivity contribution is 6.06. The molecule has 0 bridgehead atoms. The molecule has 1 aromatic carbocycles. The smallest absolute Gasteiger partial charge is 0.238 e. The zero-order valence-electron chi connectivity index (χ0n) is 14.3. The van der Waals surface area contributed by atoms with Crippen LogP contribution in [0.15, 0.2) is 24.4 Å². The van der Waals surface area contributed by atoms with Gasteiger partial charge in [0.2, 0.25) is 11.8 Å². The molecule has 1 unspecified atom stereocenters. The molecule has 25 heavy (non-hydrogen) atoms. The van der Waals surface area contributed by atoms with E-state index in [-0.39, 0.29) is 17.6 Å². The van der Waals surface area contributed by atoms with E-state index in [9.17, 15) is 14.0 Å². The van der Waals surface area contributed by atoms with Gasteiger partial charge in [0, 0.05) is 36.7 Å². The third-order valence-electron chi connectivity index (χ3n) is 5.78. The van der Waals surface area contributed by atoms with Crippen LogP contribution >= 0.6 is 0 Å². The molecule has 6 heteroatoms. The maximum atomic E-state index is 13.3. The number of benzene rings is 1. The van der Waals surface area contributed by atoms with E-state index in [1.165, 1.54) is 17.7 Å². The molecule has 4 rings (SSSR count). The number of aromatic amines is 1. The van der Waals surface area contributed by atoms with Crippen molar-refractivity contribution in [1.29, 1.82) is 0 Å². The van der Waals surface area contributed by atoms with Gasteiger partial charge in [-0.2, -0.15) is 0 Å². The number of halogens is 1. The number of hydrogen-bond acceptors (Lipinski definition) is 2. The molecule has 2 aliphatic rings. The van der Waals surface area contributed by atoms with E-state index in [0.29, 0.717) is 32.0 Å². The SMILES string of the molecule is CC1(C(=O)N2CCC(c3c[nH]c4cc(F)ccc34)CC2)CCNC1=O. The maximum absolute atomic E-state index is 13.3. The van der Waals surface area contributed by atoms with Gasteiger partial charge in [0.15, 0.2) is 0 Å². The second-order valence-corrected chi connectivity index (χ2v) is 7.34. The Morgan fingerprint density at radius 2 is 2.08 bits per heavy atom. The molecule has 0 aliphatic carbocycles. The van der Waals surface area contributed by atoms with E-state index in [1.807, 2.05) is 17.2 Å². The predicted octanol–water partition coefficient (Wildman–Crippen LogP) is 2.54. The lowest BCUT2D eigenvalue weighted by molar-refractivity contribution is -0.148. The summed E-state index contributed by atoms with van der Waals surface area (Å²) >= 11 is 0. The van der Waals surface area contributed by atoms with Crippen LogP contribution in [0.3, 0.4) is 0 Å². The van der Waals surface area contributed by atoms with Crippen molar-refractivity contribution in [2.75, 3.05) is 19.6 Å². The van der Waals surface area contributed by atoms with Gasteiger partial charge in [0.05, 0.1) is 0 Å². The highest BCUT2D eigenvalue weighted by Crippen LogP contribution is 2.36. The Bertz CT molecular complexity index is 838. The molecular weight excluding hydrogens is 321 g/mol. The Hall–Kier alpha value is -2.37. The molecule has 2 N–H and O–H groups in total. The Labute approximate surface area is 145 Å². The lowest BCUT2D eigenvalue weighted by Crippen LogP contribution is -2.48. The van der Waals surface area contributed by atoms with Crippen molar-refractivity contribution in [3.8, 4) is 0 Å². The van der Waals surface area contributed by atoms with E-state index in [1.54, 1.807) is 6.92 Å². The summed E-state index contributed by atoms with van der Waals surface area (Å²) in [5, 5.41) is 3.81. The average Bonchev–Trinajstić information content (AvgIpc) is 3.18. The van der Waals surface area contributed by atoms with E-state index in [2.05, 4.69) is 10.3 Å². The zero-order chi connectivity index (χ0) is 17.6. The number of nitrogens with zero attached hydrogens (tertiary/aromatic N) is 1. The van der Waals surface area contributed by atoms with Crippen LogP contribution in [-0.2, 0) is 9.59 Å². The molecule has 0 spiro atoms. The number of nitrogens with one attached hydrogen (secondary N) is 2.